The molecule has 0 bridgehead atoms. The zero-order valence-electron chi connectivity index (χ0n) is 17.1. The van der Waals surface area contributed by atoms with Gasteiger partial charge in [0.25, 0.3) is 5.91 Å². The normalized spacial score (nSPS) is 20.0. The van der Waals surface area contributed by atoms with E-state index in [1.54, 1.807) is 6.08 Å². The van der Waals surface area contributed by atoms with Crippen LogP contribution in [0.2, 0.25) is 0 Å². The van der Waals surface area contributed by atoms with Gasteiger partial charge in [-0.3, -0.25) is 4.79 Å². The van der Waals surface area contributed by atoms with Gasteiger partial charge in [0, 0.05) is 31.1 Å². The van der Waals surface area contributed by atoms with Gasteiger partial charge in [0.1, 0.15) is 11.6 Å². The highest BCUT2D eigenvalue weighted by atomic mass is 16.5. The van der Waals surface area contributed by atoms with E-state index in [1.165, 1.54) is 18.4 Å². The third-order valence-electron chi connectivity index (χ3n) is 5.80. The van der Waals surface area contributed by atoms with Crippen LogP contribution in [0, 0.1) is 25.2 Å². The van der Waals surface area contributed by atoms with Gasteiger partial charge in [-0.1, -0.05) is 11.6 Å². The average Bonchev–Trinajstić information content (AvgIpc) is 3.31. The standard InChI is InChI=1S/C23H31N3O2/c1-17-13-20(18(2)26(17)16-22-9-6-12-28-22)14-21(15-24)23(27)25-11-10-19-7-4-3-5-8-19/h7,13-14,22H,3-6,8-12,16H2,1-2H3,(H,25,27)/b21-14+. The van der Waals surface area contributed by atoms with E-state index in [2.05, 4.69) is 29.0 Å². The molecule has 2 aliphatic rings. The fourth-order valence-electron chi connectivity index (χ4n) is 4.11. The summed E-state index contributed by atoms with van der Waals surface area (Å²) in [6.45, 7) is 6.35. The topological polar surface area (TPSA) is 67.0 Å². The van der Waals surface area contributed by atoms with Crippen LogP contribution in [0.25, 0.3) is 6.08 Å². The molecule has 1 N–H and O–H groups in total. The largest absolute Gasteiger partial charge is 0.376 e. The second-order valence-electron chi connectivity index (χ2n) is 7.86. The number of hydrogen-bond donors (Lipinski definition) is 1. The van der Waals surface area contributed by atoms with E-state index in [9.17, 15) is 10.1 Å². The van der Waals surface area contributed by atoms with Crippen molar-refractivity contribution in [2.45, 2.75) is 71.4 Å². The molecule has 3 rings (SSSR count). The smallest absolute Gasteiger partial charge is 0.261 e. The number of nitrogens with one attached hydrogen (secondary N) is 1. The van der Waals surface area contributed by atoms with Crippen LogP contribution in [-0.2, 0) is 16.1 Å². The molecule has 1 aliphatic carbocycles. The first-order chi connectivity index (χ1) is 13.6. The lowest BCUT2D eigenvalue weighted by Gasteiger charge is -2.14. The maximum atomic E-state index is 12.5. The highest BCUT2D eigenvalue weighted by Crippen LogP contribution is 2.22. The molecule has 1 atom stereocenters. The van der Waals surface area contributed by atoms with Crippen LogP contribution in [-0.4, -0.2) is 29.7 Å². The van der Waals surface area contributed by atoms with Crippen LogP contribution in [0.1, 0.15) is 61.9 Å². The summed E-state index contributed by atoms with van der Waals surface area (Å²) in [4.78, 5) is 12.5. The second-order valence-corrected chi connectivity index (χ2v) is 7.86. The Kier molecular flexibility index (Phi) is 7.11. The van der Waals surface area contributed by atoms with Crippen LogP contribution in [0.5, 0.6) is 0 Å². The molecular weight excluding hydrogens is 350 g/mol. The van der Waals surface area contributed by atoms with E-state index in [-0.39, 0.29) is 17.6 Å². The van der Waals surface area contributed by atoms with E-state index in [1.807, 2.05) is 13.0 Å². The molecule has 2 heterocycles. The summed E-state index contributed by atoms with van der Waals surface area (Å²) < 4.78 is 7.98. The fraction of sp³-hybridized carbons (Fsp3) is 0.565. The summed E-state index contributed by atoms with van der Waals surface area (Å²) in [5.74, 6) is -0.289. The van der Waals surface area contributed by atoms with Gasteiger partial charge in [0.05, 0.1) is 6.10 Å². The molecule has 1 aromatic rings. The van der Waals surface area contributed by atoms with Crippen molar-refractivity contribution in [3.8, 4) is 6.07 Å². The molecular formula is C23H31N3O2. The lowest BCUT2D eigenvalue weighted by molar-refractivity contribution is -0.117. The fourth-order valence-corrected chi connectivity index (χ4v) is 4.11. The van der Waals surface area contributed by atoms with E-state index < -0.39 is 0 Å². The van der Waals surface area contributed by atoms with E-state index in [0.717, 1.165) is 62.2 Å². The molecule has 1 fully saturated rings. The maximum absolute atomic E-state index is 12.5. The Hall–Kier alpha value is -2.32. The summed E-state index contributed by atoms with van der Waals surface area (Å²) in [7, 11) is 0. The van der Waals surface area contributed by atoms with Crippen LogP contribution >= 0.6 is 0 Å². The number of carbonyl (C=O) groups excluding carboxylic acids is 1. The van der Waals surface area contributed by atoms with Crippen molar-refractivity contribution in [1.29, 1.82) is 5.26 Å². The molecule has 1 amide bonds. The Bertz CT molecular complexity index is 805. The van der Waals surface area contributed by atoms with Gasteiger partial charge in [-0.05, 0) is 76.5 Å². The first-order valence-corrected chi connectivity index (χ1v) is 10.4. The van der Waals surface area contributed by atoms with Gasteiger partial charge < -0.3 is 14.6 Å². The predicted molar refractivity (Wildman–Crippen MR) is 111 cm³/mol. The number of allylic oxidation sites excluding steroid dienone is 1. The number of amides is 1. The highest BCUT2D eigenvalue weighted by molar-refractivity contribution is 6.01. The van der Waals surface area contributed by atoms with Gasteiger partial charge in [-0.2, -0.15) is 5.26 Å². The predicted octanol–water partition coefficient (Wildman–Crippen LogP) is 4.20. The molecule has 150 valence electrons. The summed E-state index contributed by atoms with van der Waals surface area (Å²) in [5.41, 5.74) is 4.71. The number of nitrogens with zero attached hydrogens (tertiary/aromatic N) is 2. The van der Waals surface area contributed by atoms with Crippen LogP contribution < -0.4 is 5.32 Å². The summed E-state index contributed by atoms with van der Waals surface area (Å²) in [6, 6.07) is 4.11. The molecule has 1 saturated heterocycles. The molecule has 0 radical (unpaired) electrons. The molecule has 1 unspecified atom stereocenters. The molecule has 0 saturated carbocycles. The molecule has 1 aliphatic heterocycles. The van der Waals surface area contributed by atoms with Crippen molar-refractivity contribution >= 4 is 12.0 Å². The minimum atomic E-state index is -0.289. The SMILES string of the molecule is Cc1cc(/C=C(\C#N)C(=O)NCCC2=CCCCC2)c(C)n1CC1CCCO1. The van der Waals surface area contributed by atoms with Crippen molar-refractivity contribution in [2.75, 3.05) is 13.2 Å². The Morgan fingerprint density at radius 2 is 2.25 bits per heavy atom. The molecule has 0 spiro atoms. The van der Waals surface area contributed by atoms with Crippen molar-refractivity contribution < 1.29 is 9.53 Å². The zero-order chi connectivity index (χ0) is 19.9. The first-order valence-electron chi connectivity index (χ1n) is 10.4. The number of carbonyl (C=O) groups is 1. The average molecular weight is 382 g/mol. The summed E-state index contributed by atoms with van der Waals surface area (Å²) >= 11 is 0. The number of ether oxygens (including phenoxy) is 1. The number of nitriles is 1. The van der Waals surface area contributed by atoms with Crippen LogP contribution in [0.3, 0.4) is 0 Å². The Morgan fingerprint density at radius 1 is 1.39 bits per heavy atom. The molecule has 28 heavy (non-hydrogen) atoms. The van der Waals surface area contributed by atoms with E-state index >= 15 is 0 Å². The lowest BCUT2D eigenvalue weighted by atomic mass is 9.97. The first kappa shape index (κ1) is 20.4. The van der Waals surface area contributed by atoms with Gasteiger partial charge in [-0.25, -0.2) is 0 Å². The van der Waals surface area contributed by atoms with Gasteiger partial charge in [0.15, 0.2) is 0 Å². The summed E-state index contributed by atoms with van der Waals surface area (Å²) in [6.07, 6.45) is 12.1. The zero-order valence-corrected chi connectivity index (χ0v) is 17.1. The minimum absolute atomic E-state index is 0.162. The third-order valence-corrected chi connectivity index (χ3v) is 5.80. The van der Waals surface area contributed by atoms with Crippen molar-refractivity contribution in [3.63, 3.8) is 0 Å². The van der Waals surface area contributed by atoms with Crippen molar-refractivity contribution in [2.24, 2.45) is 0 Å². The third kappa shape index (κ3) is 5.14. The Balaban J connectivity index is 1.63. The number of rotatable bonds is 7. The molecule has 1 aromatic heterocycles. The van der Waals surface area contributed by atoms with E-state index in [4.69, 9.17) is 4.74 Å². The highest BCUT2D eigenvalue weighted by Gasteiger charge is 2.19. The van der Waals surface area contributed by atoms with Gasteiger partial charge in [-0.15, -0.1) is 0 Å². The quantitative estimate of drug-likeness (QED) is 0.437. The Labute approximate surface area is 168 Å². The van der Waals surface area contributed by atoms with Crippen molar-refractivity contribution in [1.82, 2.24) is 9.88 Å². The minimum Gasteiger partial charge on any atom is -0.376 e. The Morgan fingerprint density at radius 3 is 2.93 bits per heavy atom. The number of hydrogen-bond acceptors (Lipinski definition) is 3. The number of aryl methyl sites for hydroxylation is 1. The van der Waals surface area contributed by atoms with Gasteiger partial charge >= 0.3 is 0 Å². The lowest BCUT2D eigenvalue weighted by Crippen LogP contribution is -2.26. The molecule has 5 nitrogen and oxygen atoms in total. The van der Waals surface area contributed by atoms with Crippen molar-refractivity contribution in [3.05, 3.63) is 40.2 Å². The molecule has 0 aromatic carbocycles. The number of aromatic nitrogens is 1. The second kappa shape index (κ2) is 9.75. The molecule has 5 heteroatoms. The monoisotopic (exact) mass is 381 g/mol. The van der Waals surface area contributed by atoms with E-state index in [0.29, 0.717) is 6.54 Å². The maximum Gasteiger partial charge on any atom is 0.261 e. The van der Waals surface area contributed by atoms with Crippen LogP contribution in [0.4, 0.5) is 0 Å². The van der Waals surface area contributed by atoms with Gasteiger partial charge in [0.2, 0.25) is 0 Å². The van der Waals surface area contributed by atoms with Crippen LogP contribution in [0.15, 0.2) is 23.3 Å². The summed E-state index contributed by atoms with van der Waals surface area (Å²) in [5, 5.41) is 12.4.